The Labute approximate surface area is 124 Å². The summed E-state index contributed by atoms with van der Waals surface area (Å²) >= 11 is 0. The third-order valence-electron chi connectivity index (χ3n) is 3.77. The maximum absolute atomic E-state index is 13.0. The summed E-state index contributed by atoms with van der Waals surface area (Å²) in [5, 5.41) is 6.72. The number of aryl methyl sites for hydroxylation is 2. The van der Waals surface area contributed by atoms with Crippen molar-refractivity contribution in [1.82, 2.24) is 10.2 Å². The number of nitrogens with zero attached hydrogens (tertiary/aromatic N) is 2. The smallest absolute Gasteiger partial charge is 0.268 e. The van der Waals surface area contributed by atoms with Gasteiger partial charge >= 0.3 is 0 Å². The Balaban J connectivity index is 2.14. The lowest BCUT2D eigenvalue weighted by Gasteiger charge is -2.30. The van der Waals surface area contributed by atoms with E-state index in [0.717, 1.165) is 24.1 Å². The fourth-order valence-corrected chi connectivity index (χ4v) is 4.70. The highest BCUT2D eigenvalue weighted by atomic mass is 32.2. The van der Waals surface area contributed by atoms with E-state index in [4.69, 9.17) is 5.73 Å². The normalized spacial score (nSPS) is 15.0. The minimum atomic E-state index is -3.65. The second-order valence-corrected chi connectivity index (χ2v) is 6.94. The molecule has 1 aliphatic rings. The van der Waals surface area contributed by atoms with E-state index in [-0.39, 0.29) is 11.4 Å². The highest BCUT2D eigenvalue weighted by Crippen LogP contribution is 2.33. The summed E-state index contributed by atoms with van der Waals surface area (Å²) in [4.78, 5) is 0.210. The van der Waals surface area contributed by atoms with Crippen LogP contribution in [-0.2, 0) is 23.0 Å². The predicted molar refractivity (Wildman–Crippen MR) is 80.5 cm³/mol. The number of fused-ring (bicyclic) bond motifs is 1. The van der Waals surface area contributed by atoms with E-state index in [9.17, 15) is 8.42 Å². The van der Waals surface area contributed by atoms with Gasteiger partial charge in [-0.25, -0.2) is 8.42 Å². The molecule has 0 bridgehead atoms. The minimum Gasteiger partial charge on any atom is -0.325 e. The summed E-state index contributed by atoms with van der Waals surface area (Å²) in [7, 11) is -3.65. The van der Waals surface area contributed by atoms with Crippen molar-refractivity contribution >= 4 is 15.7 Å². The van der Waals surface area contributed by atoms with Gasteiger partial charge in [-0.2, -0.15) is 5.10 Å². The van der Waals surface area contributed by atoms with Gasteiger partial charge in [-0.3, -0.25) is 9.40 Å². The van der Waals surface area contributed by atoms with Crippen molar-refractivity contribution in [1.29, 1.82) is 0 Å². The molecule has 2 heterocycles. The Kier molecular flexibility index (Phi) is 3.46. The second kappa shape index (κ2) is 5.16. The van der Waals surface area contributed by atoms with Crippen molar-refractivity contribution in [2.45, 2.75) is 31.2 Å². The molecule has 3 rings (SSSR count). The zero-order valence-electron chi connectivity index (χ0n) is 11.8. The molecule has 0 saturated heterocycles. The van der Waals surface area contributed by atoms with Crippen LogP contribution in [0.25, 0.3) is 0 Å². The van der Waals surface area contributed by atoms with Gasteiger partial charge in [0.1, 0.15) is 4.90 Å². The zero-order valence-corrected chi connectivity index (χ0v) is 12.7. The lowest BCUT2D eigenvalue weighted by molar-refractivity contribution is 0.585. The monoisotopic (exact) mass is 306 g/mol. The number of sulfonamides is 1. The number of hydrogen-bond acceptors (Lipinski definition) is 4. The van der Waals surface area contributed by atoms with E-state index >= 15 is 0 Å². The third kappa shape index (κ3) is 2.22. The first-order chi connectivity index (χ1) is 10.1. The topological polar surface area (TPSA) is 92.1 Å². The van der Waals surface area contributed by atoms with Crippen molar-refractivity contribution in [2.75, 3.05) is 10.8 Å². The predicted octanol–water partition coefficient (Wildman–Crippen LogP) is 1.32. The average Bonchev–Trinajstić information content (AvgIpc) is 2.88. The number of para-hydroxylation sites is 1. The van der Waals surface area contributed by atoms with Gasteiger partial charge in [0, 0.05) is 13.1 Å². The van der Waals surface area contributed by atoms with Crippen LogP contribution >= 0.6 is 0 Å². The molecule has 0 radical (unpaired) electrons. The first-order valence-electron chi connectivity index (χ1n) is 6.90. The molecule has 0 aliphatic carbocycles. The molecule has 0 spiro atoms. The van der Waals surface area contributed by atoms with Crippen molar-refractivity contribution in [3.8, 4) is 0 Å². The number of nitrogens with two attached hydrogens (primary N) is 1. The van der Waals surface area contributed by atoms with Crippen LogP contribution in [0.3, 0.4) is 0 Å². The molecule has 1 aliphatic heterocycles. The van der Waals surface area contributed by atoms with Gasteiger partial charge in [-0.1, -0.05) is 18.2 Å². The summed E-state index contributed by atoms with van der Waals surface area (Å²) in [6.45, 7) is 2.28. The molecule has 0 atom stereocenters. The summed E-state index contributed by atoms with van der Waals surface area (Å²) in [5.74, 6) is 0. The van der Waals surface area contributed by atoms with Gasteiger partial charge in [0.2, 0.25) is 0 Å². The number of H-pyrrole nitrogens is 1. The van der Waals surface area contributed by atoms with Crippen LogP contribution < -0.4 is 10.0 Å². The SMILES string of the molecule is Cc1[nH]nc(CN)c1S(=O)(=O)N1CCCc2ccccc21. The van der Waals surface area contributed by atoms with Crippen molar-refractivity contribution in [2.24, 2.45) is 5.73 Å². The maximum Gasteiger partial charge on any atom is 0.268 e. The number of aromatic nitrogens is 2. The summed E-state index contributed by atoms with van der Waals surface area (Å²) in [5.41, 5.74) is 8.35. The first kappa shape index (κ1) is 14.1. The van der Waals surface area contributed by atoms with Crippen LogP contribution in [0.4, 0.5) is 5.69 Å². The summed E-state index contributed by atoms with van der Waals surface area (Å²) in [6, 6.07) is 7.62. The maximum atomic E-state index is 13.0. The molecule has 7 heteroatoms. The van der Waals surface area contributed by atoms with Crippen LogP contribution in [0, 0.1) is 6.92 Å². The number of nitrogens with one attached hydrogen (secondary N) is 1. The molecule has 0 fully saturated rings. The molecule has 112 valence electrons. The fourth-order valence-electron chi connectivity index (χ4n) is 2.81. The summed E-state index contributed by atoms with van der Waals surface area (Å²) in [6.07, 6.45) is 1.71. The van der Waals surface area contributed by atoms with Gasteiger partial charge in [0.15, 0.2) is 0 Å². The van der Waals surface area contributed by atoms with Crippen LogP contribution in [0.5, 0.6) is 0 Å². The largest absolute Gasteiger partial charge is 0.325 e. The molecule has 2 aromatic rings. The summed E-state index contributed by atoms with van der Waals surface area (Å²) < 4.78 is 27.5. The molecule has 0 unspecified atom stereocenters. The van der Waals surface area contributed by atoms with E-state index in [2.05, 4.69) is 10.2 Å². The highest BCUT2D eigenvalue weighted by Gasteiger charge is 2.33. The van der Waals surface area contributed by atoms with Gasteiger partial charge in [0.25, 0.3) is 10.0 Å². The van der Waals surface area contributed by atoms with E-state index < -0.39 is 10.0 Å². The van der Waals surface area contributed by atoms with Crippen LogP contribution in [0.1, 0.15) is 23.4 Å². The van der Waals surface area contributed by atoms with E-state index in [1.165, 1.54) is 4.31 Å². The van der Waals surface area contributed by atoms with Gasteiger partial charge in [-0.15, -0.1) is 0 Å². The van der Waals surface area contributed by atoms with Gasteiger partial charge in [0.05, 0.1) is 17.1 Å². The Morgan fingerprint density at radius 1 is 1.38 bits per heavy atom. The number of hydrogen-bond donors (Lipinski definition) is 2. The number of benzene rings is 1. The van der Waals surface area contributed by atoms with E-state index in [1.54, 1.807) is 6.92 Å². The second-order valence-electron chi connectivity index (χ2n) is 5.14. The zero-order chi connectivity index (χ0) is 15.0. The van der Waals surface area contributed by atoms with Crippen molar-refractivity contribution in [3.63, 3.8) is 0 Å². The van der Waals surface area contributed by atoms with E-state index in [0.29, 0.717) is 17.9 Å². The van der Waals surface area contributed by atoms with E-state index in [1.807, 2.05) is 24.3 Å². The number of rotatable bonds is 3. The molecule has 21 heavy (non-hydrogen) atoms. The molecule has 1 aromatic heterocycles. The van der Waals surface area contributed by atoms with Crippen LogP contribution in [0.2, 0.25) is 0 Å². The third-order valence-corrected chi connectivity index (χ3v) is 5.79. The molecule has 1 aromatic carbocycles. The highest BCUT2D eigenvalue weighted by molar-refractivity contribution is 7.93. The first-order valence-corrected chi connectivity index (χ1v) is 8.34. The standard InChI is InChI=1S/C14H18N4O2S/c1-10-14(12(9-15)17-16-10)21(19,20)18-8-4-6-11-5-2-3-7-13(11)18/h2-3,5,7H,4,6,8-9,15H2,1H3,(H,16,17). The Morgan fingerprint density at radius 2 is 2.14 bits per heavy atom. The molecular weight excluding hydrogens is 288 g/mol. The Bertz CT molecular complexity index is 767. The Hall–Kier alpha value is -1.86. The fraction of sp³-hybridized carbons (Fsp3) is 0.357. The van der Waals surface area contributed by atoms with Crippen LogP contribution in [0.15, 0.2) is 29.2 Å². The van der Waals surface area contributed by atoms with Crippen molar-refractivity contribution < 1.29 is 8.42 Å². The quantitative estimate of drug-likeness (QED) is 0.894. The minimum absolute atomic E-state index is 0.0917. The Morgan fingerprint density at radius 3 is 2.90 bits per heavy atom. The average molecular weight is 306 g/mol. The molecule has 0 amide bonds. The number of aromatic amines is 1. The van der Waals surface area contributed by atoms with Crippen LogP contribution in [-0.4, -0.2) is 25.2 Å². The molecule has 3 N–H and O–H groups in total. The van der Waals surface area contributed by atoms with Gasteiger partial charge in [-0.05, 0) is 31.4 Å². The van der Waals surface area contributed by atoms with Crippen molar-refractivity contribution in [3.05, 3.63) is 41.2 Å². The lowest BCUT2D eigenvalue weighted by atomic mass is 10.0. The van der Waals surface area contributed by atoms with Gasteiger partial charge < -0.3 is 5.73 Å². The molecular formula is C14H18N4O2S. The number of anilines is 1. The lowest BCUT2D eigenvalue weighted by Crippen LogP contribution is -2.36. The molecule has 6 nitrogen and oxygen atoms in total. The molecule has 0 saturated carbocycles.